The number of likely N-dealkylation sites (tertiary alicyclic amines) is 1. The van der Waals surface area contributed by atoms with Gasteiger partial charge < -0.3 is 15.5 Å². The molecule has 1 atom stereocenters. The maximum absolute atomic E-state index is 12.1. The highest BCUT2D eigenvalue weighted by atomic mass is 127. The van der Waals surface area contributed by atoms with Gasteiger partial charge in [0.1, 0.15) is 0 Å². The molecule has 1 fully saturated rings. The van der Waals surface area contributed by atoms with E-state index >= 15 is 0 Å². The van der Waals surface area contributed by atoms with Crippen LogP contribution in [0.4, 0.5) is 13.2 Å². The lowest BCUT2D eigenvalue weighted by Crippen LogP contribution is -2.39. The van der Waals surface area contributed by atoms with Crippen LogP contribution in [0.15, 0.2) is 4.99 Å². The van der Waals surface area contributed by atoms with Gasteiger partial charge in [-0.1, -0.05) is 6.92 Å². The van der Waals surface area contributed by atoms with E-state index in [0.29, 0.717) is 25.0 Å². The summed E-state index contributed by atoms with van der Waals surface area (Å²) in [6.45, 7) is 8.45. The van der Waals surface area contributed by atoms with Gasteiger partial charge in [-0.25, -0.2) is 0 Å². The zero-order valence-electron chi connectivity index (χ0n) is 13.4. The minimum absolute atomic E-state index is 0. The predicted octanol–water partition coefficient (Wildman–Crippen LogP) is 2.84. The molecule has 0 aliphatic carbocycles. The molecule has 0 saturated carbocycles. The van der Waals surface area contributed by atoms with Gasteiger partial charge in [-0.05, 0) is 38.8 Å². The molecular weight excluding hydrogens is 408 g/mol. The van der Waals surface area contributed by atoms with Crippen LogP contribution in [0.3, 0.4) is 0 Å². The molecule has 0 radical (unpaired) electrons. The van der Waals surface area contributed by atoms with Gasteiger partial charge in [-0.3, -0.25) is 4.99 Å². The fraction of sp³-hybridized carbons (Fsp3) is 0.929. The average molecular weight is 436 g/mol. The Morgan fingerprint density at radius 3 is 2.41 bits per heavy atom. The van der Waals surface area contributed by atoms with Gasteiger partial charge in [0.15, 0.2) is 5.96 Å². The van der Waals surface area contributed by atoms with Gasteiger partial charge in [-0.15, -0.1) is 24.0 Å². The molecular formula is C14H28F3IN4. The first-order chi connectivity index (χ1) is 9.90. The van der Waals surface area contributed by atoms with Crippen molar-refractivity contribution in [2.45, 2.75) is 39.3 Å². The van der Waals surface area contributed by atoms with Crippen LogP contribution in [0.2, 0.25) is 0 Å². The third-order valence-corrected chi connectivity index (χ3v) is 3.37. The molecule has 1 aliphatic heterocycles. The highest BCUT2D eigenvalue weighted by Crippen LogP contribution is 2.18. The van der Waals surface area contributed by atoms with Crippen molar-refractivity contribution in [2.24, 2.45) is 10.9 Å². The number of rotatable bonds is 7. The molecule has 8 heteroatoms. The number of aliphatic imine (C=N–C) groups is 1. The largest absolute Gasteiger partial charge is 0.390 e. The van der Waals surface area contributed by atoms with Crippen LogP contribution in [0.25, 0.3) is 0 Å². The Kier molecular flexibility index (Phi) is 11.2. The minimum atomic E-state index is -4.13. The molecule has 1 saturated heterocycles. The van der Waals surface area contributed by atoms with Crippen LogP contribution in [0.1, 0.15) is 33.1 Å². The summed E-state index contributed by atoms with van der Waals surface area (Å²) < 4.78 is 36.4. The summed E-state index contributed by atoms with van der Waals surface area (Å²) in [5.74, 6) is 0.871. The number of nitrogens with zero attached hydrogens (tertiary/aromatic N) is 2. The molecule has 0 aromatic carbocycles. The van der Waals surface area contributed by atoms with Crippen molar-refractivity contribution in [3.63, 3.8) is 0 Å². The van der Waals surface area contributed by atoms with Crippen LogP contribution >= 0.6 is 24.0 Å². The Labute approximate surface area is 148 Å². The summed E-state index contributed by atoms with van der Waals surface area (Å²) in [5.41, 5.74) is 0. The van der Waals surface area contributed by atoms with E-state index in [-0.39, 0.29) is 30.5 Å². The van der Waals surface area contributed by atoms with Crippen molar-refractivity contribution in [2.75, 3.05) is 39.3 Å². The standard InChI is InChI=1S/C14H27F3N4.HI/c1-3-18-13(19-7-6-14(15,16)17)20-10-12(2)11-21-8-4-5-9-21;/h12H,3-11H2,1-2H3,(H2,18,19,20);1H. The van der Waals surface area contributed by atoms with Crippen molar-refractivity contribution in [3.8, 4) is 0 Å². The Balaban J connectivity index is 0.00000441. The zero-order chi connectivity index (χ0) is 15.7. The second-order valence-corrected chi connectivity index (χ2v) is 5.62. The monoisotopic (exact) mass is 436 g/mol. The average Bonchev–Trinajstić information content (AvgIpc) is 2.87. The first-order valence-corrected chi connectivity index (χ1v) is 7.72. The van der Waals surface area contributed by atoms with Gasteiger partial charge in [-0.2, -0.15) is 13.2 Å². The Morgan fingerprint density at radius 1 is 1.23 bits per heavy atom. The van der Waals surface area contributed by atoms with E-state index in [9.17, 15) is 13.2 Å². The summed E-state index contributed by atoms with van der Waals surface area (Å²) >= 11 is 0. The highest BCUT2D eigenvalue weighted by Gasteiger charge is 2.26. The number of guanidine groups is 1. The van der Waals surface area contributed by atoms with E-state index in [2.05, 4.69) is 27.4 Å². The molecule has 0 aromatic heterocycles. The number of hydrogen-bond donors (Lipinski definition) is 2. The van der Waals surface area contributed by atoms with E-state index < -0.39 is 12.6 Å². The second-order valence-electron chi connectivity index (χ2n) is 5.62. The minimum Gasteiger partial charge on any atom is -0.357 e. The molecule has 1 aliphatic rings. The Hall–Kier alpha value is -0.250. The summed E-state index contributed by atoms with van der Waals surface area (Å²) in [7, 11) is 0. The van der Waals surface area contributed by atoms with Crippen molar-refractivity contribution in [1.82, 2.24) is 15.5 Å². The topological polar surface area (TPSA) is 39.7 Å². The van der Waals surface area contributed by atoms with E-state index in [0.717, 1.165) is 19.6 Å². The quantitative estimate of drug-likeness (QED) is 0.367. The summed E-state index contributed by atoms with van der Waals surface area (Å²) in [6.07, 6.45) is -2.45. The lowest BCUT2D eigenvalue weighted by molar-refractivity contribution is -0.132. The molecule has 4 nitrogen and oxygen atoms in total. The van der Waals surface area contributed by atoms with Crippen LogP contribution in [-0.2, 0) is 0 Å². The maximum atomic E-state index is 12.1. The maximum Gasteiger partial charge on any atom is 0.390 e. The van der Waals surface area contributed by atoms with E-state index in [4.69, 9.17) is 0 Å². The summed E-state index contributed by atoms with van der Waals surface area (Å²) in [6, 6.07) is 0. The van der Waals surface area contributed by atoms with E-state index in [1.165, 1.54) is 12.8 Å². The SMILES string of the molecule is CCNC(=NCC(C)CN1CCCC1)NCCC(F)(F)F.I. The summed E-state index contributed by atoms with van der Waals surface area (Å²) in [5, 5.41) is 5.71. The third kappa shape index (κ3) is 10.5. The van der Waals surface area contributed by atoms with Crippen molar-refractivity contribution in [3.05, 3.63) is 0 Å². The molecule has 0 amide bonds. The van der Waals surface area contributed by atoms with Gasteiger partial charge in [0.2, 0.25) is 0 Å². The van der Waals surface area contributed by atoms with Crippen LogP contribution < -0.4 is 10.6 Å². The van der Waals surface area contributed by atoms with Crippen molar-refractivity contribution >= 4 is 29.9 Å². The van der Waals surface area contributed by atoms with Crippen LogP contribution in [-0.4, -0.2) is 56.3 Å². The molecule has 0 spiro atoms. The predicted molar refractivity (Wildman–Crippen MR) is 94.9 cm³/mol. The lowest BCUT2D eigenvalue weighted by atomic mass is 10.2. The smallest absolute Gasteiger partial charge is 0.357 e. The summed E-state index contributed by atoms with van der Waals surface area (Å²) in [4.78, 5) is 6.80. The molecule has 0 bridgehead atoms. The molecule has 1 rings (SSSR count). The van der Waals surface area contributed by atoms with Gasteiger partial charge >= 0.3 is 6.18 Å². The second kappa shape index (κ2) is 11.3. The van der Waals surface area contributed by atoms with Gasteiger partial charge in [0.05, 0.1) is 6.42 Å². The van der Waals surface area contributed by atoms with E-state index in [1.807, 2.05) is 6.92 Å². The molecule has 22 heavy (non-hydrogen) atoms. The third-order valence-electron chi connectivity index (χ3n) is 3.37. The Morgan fingerprint density at radius 2 is 1.86 bits per heavy atom. The zero-order valence-corrected chi connectivity index (χ0v) is 15.7. The number of hydrogen-bond acceptors (Lipinski definition) is 2. The first kappa shape index (κ1) is 21.8. The van der Waals surface area contributed by atoms with Crippen molar-refractivity contribution < 1.29 is 13.2 Å². The highest BCUT2D eigenvalue weighted by molar-refractivity contribution is 14.0. The normalized spacial score (nSPS) is 18.0. The molecule has 0 aromatic rings. The Bertz CT molecular complexity index is 318. The fourth-order valence-electron chi connectivity index (χ4n) is 2.38. The van der Waals surface area contributed by atoms with Crippen LogP contribution in [0.5, 0.6) is 0 Å². The lowest BCUT2D eigenvalue weighted by Gasteiger charge is -2.19. The molecule has 132 valence electrons. The number of nitrogens with one attached hydrogen (secondary N) is 2. The van der Waals surface area contributed by atoms with Crippen LogP contribution in [0, 0.1) is 5.92 Å². The van der Waals surface area contributed by atoms with Gasteiger partial charge in [0.25, 0.3) is 0 Å². The van der Waals surface area contributed by atoms with Crippen molar-refractivity contribution in [1.29, 1.82) is 0 Å². The number of halogens is 4. The number of alkyl halides is 3. The molecule has 2 N–H and O–H groups in total. The molecule has 1 heterocycles. The van der Waals surface area contributed by atoms with E-state index in [1.54, 1.807) is 0 Å². The first-order valence-electron chi connectivity index (χ1n) is 7.72. The van der Waals surface area contributed by atoms with Gasteiger partial charge in [0, 0.05) is 26.2 Å². The molecule has 1 unspecified atom stereocenters. The fourth-order valence-corrected chi connectivity index (χ4v) is 2.38.